The van der Waals surface area contributed by atoms with Crippen LogP contribution in [0.1, 0.15) is 18.4 Å². The second kappa shape index (κ2) is 8.67. The minimum Gasteiger partial charge on any atom is -0.493 e. The van der Waals surface area contributed by atoms with Crippen molar-refractivity contribution in [1.29, 1.82) is 0 Å². The lowest BCUT2D eigenvalue weighted by atomic mass is 9.96. The van der Waals surface area contributed by atoms with E-state index in [9.17, 15) is 4.79 Å². The number of aryl methyl sites for hydroxylation is 1. The highest BCUT2D eigenvalue weighted by atomic mass is 16.5. The van der Waals surface area contributed by atoms with E-state index >= 15 is 0 Å². The fourth-order valence-corrected chi connectivity index (χ4v) is 4.55. The fraction of sp³-hybridized carbons (Fsp3) is 0.667. The quantitative estimate of drug-likeness (QED) is 0.752. The Balaban J connectivity index is 1.34. The SMILES string of the molecule is COc1cnnc2c(C)cn(CC(=O)N3CCC(CN4CCN(C)CC4)CC3)c12. The van der Waals surface area contributed by atoms with Crippen molar-refractivity contribution < 1.29 is 9.53 Å². The van der Waals surface area contributed by atoms with Gasteiger partial charge in [0, 0.05) is 52.0 Å². The highest BCUT2D eigenvalue weighted by molar-refractivity contribution is 5.86. The number of carbonyl (C=O) groups excluding carboxylic acids is 1. The highest BCUT2D eigenvalue weighted by Crippen LogP contribution is 2.27. The molecule has 0 bridgehead atoms. The molecule has 2 fully saturated rings. The summed E-state index contributed by atoms with van der Waals surface area (Å²) >= 11 is 0. The molecule has 8 nitrogen and oxygen atoms in total. The number of aromatic nitrogens is 3. The zero-order chi connectivity index (χ0) is 20.4. The van der Waals surface area contributed by atoms with Crippen molar-refractivity contribution in [2.75, 3.05) is 60.0 Å². The number of carbonyl (C=O) groups is 1. The smallest absolute Gasteiger partial charge is 0.242 e. The van der Waals surface area contributed by atoms with Crippen LogP contribution in [-0.4, -0.2) is 95.3 Å². The molecular weight excluding hydrogens is 368 g/mol. The molecule has 0 atom stereocenters. The second-order valence-electron chi connectivity index (χ2n) is 8.48. The summed E-state index contributed by atoms with van der Waals surface area (Å²) in [5.41, 5.74) is 2.64. The van der Waals surface area contributed by atoms with E-state index in [-0.39, 0.29) is 5.91 Å². The Hall–Kier alpha value is -2.19. The molecule has 2 aliphatic heterocycles. The molecule has 0 aliphatic carbocycles. The third-order valence-corrected chi connectivity index (χ3v) is 6.41. The number of nitrogens with zero attached hydrogens (tertiary/aromatic N) is 6. The number of piperazine rings is 1. The third-order valence-electron chi connectivity index (χ3n) is 6.41. The van der Waals surface area contributed by atoms with Crippen molar-refractivity contribution in [1.82, 2.24) is 29.5 Å². The molecule has 2 aromatic rings. The lowest BCUT2D eigenvalue weighted by molar-refractivity contribution is -0.133. The molecule has 29 heavy (non-hydrogen) atoms. The van der Waals surface area contributed by atoms with Gasteiger partial charge in [-0.3, -0.25) is 4.79 Å². The zero-order valence-electron chi connectivity index (χ0n) is 17.8. The number of likely N-dealkylation sites (tertiary alicyclic amines) is 1. The monoisotopic (exact) mass is 400 g/mol. The van der Waals surface area contributed by atoms with E-state index in [0.29, 0.717) is 18.2 Å². The molecule has 4 heterocycles. The molecule has 0 unspecified atom stereocenters. The highest BCUT2D eigenvalue weighted by Gasteiger charge is 2.26. The molecule has 4 rings (SSSR count). The minimum atomic E-state index is 0.166. The van der Waals surface area contributed by atoms with E-state index in [0.717, 1.165) is 55.6 Å². The molecule has 2 aromatic heterocycles. The van der Waals surface area contributed by atoms with Crippen LogP contribution < -0.4 is 4.74 Å². The van der Waals surface area contributed by atoms with Gasteiger partial charge in [0.25, 0.3) is 0 Å². The molecule has 0 N–H and O–H groups in total. The van der Waals surface area contributed by atoms with Crippen LogP contribution in [0.3, 0.4) is 0 Å². The van der Waals surface area contributed by atoms with Gasteiger partial charge in [-0.15, -0.1) is 5.10 Å². The number of hydrogen-bond donors (Lipinski definition) is 0. The summed E-state index contributed by atoms with van der Waals surface area (Å²) < 4.78 is 7.40. The van der Waals surface area contributed by atoms with Crippen LogP contribution in [0.5, 0.6) is 5.75 Å². The average Bonchev–Trinajstić information content (AvgIpc) is 3.06. The molecule has 2 saturated heterocycles. The lowest BCUT2D eigenvalue weighted by Gasteiger charge is -2.38. The van der Waals surface area contributed by atoms with Gasteiger partial charge in [0.2, 0.25) is 5.91 Å². The number of amides is 1. The molecule has 8 heteroatoms. The maximum Gasteiger partial charge on any atom is 0.242 e. The van der Waals surface area contributed by atoms with Crippen LogP contribution in [-0.2, 0) is 11.3 Å². The van der Waals surface area contributed by atoms with Crippen LogP contribution in [0, 0.1) is 12.8 Å². The van der Waals surface area contributed by atoms with Gasteiger partial charge in [-0.05, 0) is 38.3 Å². The van der Waals surface area contributed by atoms with Gasteiger partial charge in [-0.2, -0.15) is 5.10 Å². The molecule has 0 spiro atoms. The molecule has 1 amide bonds. The summed E-state index contributed by atoms with van der Waals surface area (Å²) in [5, 5.41) is 8.21. The number of methoxy groups -OCH3 is 1. The Morgan fingerprint density at radius 2 is 1.90 bits per heavy atom. The zero-order valence-corrected chi connectivity index (χ0v) is 17.8. The number of rotatable bonds is 5. The number of ether oxygens (including phenoxy) is 1. The van der Waals surface area contributed by atoms with E-state index in [2.05, 4.69) is 27.0 Å². The van der Waals surface area contributed by atoms with Crippen molar-refractivity contribution in [2.24, 2.45) is 5.92 Å². The number of likely N-dealkylation sites (N-methyl/N-ethyl adjacent to an activating group) is 1. The van der Waals surface area contributed by atoms with Gasteiger partial charge >= 0.3 is 0 Å². The van der Waals surface area contributed by atoms with Gasteiger partial charge in [0.15, 0.2) is 5.75 Å². The van der Waals surface area contributed by atoms with Crippen molar-refractivity contribution >= 4 is 16.9 Å². The summed E-state index contributed by atoms with van der Waals surface area (Å²) in [4.78, 5) is 20.0. The molecule has 158 valence electrons. The van der Waals surface area contributed by atoms with Crippen molar-refractivity contribution in [3.63, 3.8) is 0 Å². The number of fused-ring (bicyclic) bond motifs is 1. The van der Waals surface area contributed by atoms with E-state index in [1.165, 1.54) is 19.6 Å². The van der Waals surface area contributed by atoms with Crippen molar-refractivity contribution in [3.05, 3.63) is 18.0 Å². The fourth-order valence-electron chi connectivity index (χ4n) is 4.55. The number of piperidine rings is 1. The van der Waals surface area contributed by atoms with Gasteiger partial charge in [0.1, 0.15) is 17.6 Å². The molecule has 0 saturated carbocycles. The van der Waals surface area contributed by atoms with E-state index in [1.54, 1.807) is 13.3 Å². The van der Waals surface area contributed by atoms with Gasteiger partial charge < -0.3 is 24.0 Å². The molecule has 0 aromatic carbocycles. The predicted molar refractivity (Wildman–Crippen MR) is 112 cm³/mol. The Morgan fingerprint density at radius 3 is 2.59 bits per heavy atom. The van der Waals surface area contributed by atoms with Crippen LogP contribution in [0.4, 0.5) is 0 Å². The average molecular weight is 401 g/mol. The van der Waals surface area contributed by atoms with E-state index in [1.807, 2.05) is 22.6 Å². The van der Waals surface area contributed by atoms with E-state index in [4.69, 9.17) is 4.74 Å². The minimum absolute atomic E-state index is 0.166. The summed E-state index contributed by atoms with van der Waals surface area (Å²) in [6.07, 6.45) is 5.77. The topological polar surface area (TPSA) is 66.7 Å². The first-order valence-corrected chi connectivity index (χ1v) is 10.6. The third kappa shape index (κ3) is 4.38. The number of hydrogen-bond acceptors (Lipinski definition) is 6. The first-order chi connectivity index (χ1) is 14.0. The largest absolute Gasteiger partial charge is 0.493 e. The Kier molecular flexibility index (Phi) is 6.01. The van der Waals surface area contributed by atoms with Crippen LogP contribution in [0.15, 0.2) is 12.4 Å². The standard InChI is InChI=1S/C21H32N6O2/c1-16-13-27(21-18(29-3)12-22-23-20(16)21)15-19(28)26-6-4-17(5-7-26)14-25-10-8-24(2)9-11-25/h12-13,17H,4-11,14-15H2,1-3H3. The Labute approximate surface area is 172 Å². The summed E-state index contributed by atoms with van der Waals surface area (Å²) in [5.74, 6) is 1.52. The molecule has 0 radical (unpaired) electrons. The summed E-state index contributed by atoms with van der Waals surface area (Å²) in [7, 11) is 3.81. The molecular formula is C21H32N6O2. The van der Waals surface area contributed by atoms with Crippen LogP contribution >= 0.6 is 0 Å². The second-order valence-corrected chi connectivity index (χ2v) is 8.48. The molecule has 2 aliphatic rings. The lowest BCUT2D eigenvalue weighted by Crippen LogP contribution is -2.48. The maximum absolute atomic E-state index is 13.0. The first kappa shape index (κ1) is 20.1. The Bertz CT molecular complexity index is 850. The van der Waals surface area contributed by atoms with Crippen molar-refractivity contribution in [3.8, 4) is 5.75 Å². The normalized spacial score (nSPS) is 19.8. The first-order valence-electron chi connectivity index (χ1n) is 10.6. The van der Waals surface area contributed by atoms with Gasteiger partial charge in [-0.1, -0.05) is 0 Å². The Morgan fingerprint density at radius 1 is 1.17 bits per heavy atom. The van der Waals surface area contributed by atoms with Gasteiger partial charge in [0.05, 0.1) is 13.3 Å². The maximum atomic E-state index is 13.0. The van der Waals surface area contributed by atoms with Crippen LogP contribution in [0.2, 0.25) is 0 Å². The van der Waals surface area contributed by atoms with Crippen LogP contribution in [0.25, 0.3) is 11.0 Å². The predicted octanol–water partition coefficient (Wildman–Crippen LogP) is 1.23. The van der Waals surface area contributed by atoms with Gasteiger partial charge in [-0.25, -0.2) is 0 Å². The summed E-state index contributed by atoms with van der Waals surface area (Å²) in [6, 6.07) is 0. The summed E-state index contributed by atoms with van der Waals surface area (Å²) in [6.45, 7) is 9.84. The van der Waals surface area contributed by atoms with Crippen molar-refractivity contribution in [2.45, 2.75) is 26.3 Å². The van der Waals surface area contributed by atoms with E-state index < -0.39 is 0 Å².